The lowest BCUT2D eigenvalue weighted by molar-refractivity contribution is -0.139. The van der Waals surface area contributed by atoms with E-state index in [4.69, 9.17) is 4.42 Å². The summed E-state index contributed by atoms with van der Waals surface area (Å²) < 4.78 is 29.8. The fourth-order valence-electron chi connectivity index (χ4n) is 4.32. The van der Waals surface area contributed by atoms with E-state index in [-0.39, 0.29) is 17.4 Å². The molecular weight excluding hydrogens is 404 g/mol. The highest BCUT2D eigenvalue weighted by molar-refractivity contribution is 7.89. The summed E-state index contributed by atoms with van der Waals surface area (Å²) >= 11 is 0. The molecule has 30 heavy (non-hydrogen) atoms. The molecule has 0 unspecified atom stereocenters. The van der Waals surface area contributed by atoms with Gasteiger partial charge in [0.1, 0.15) is 11.1 Å². The van der Waals surface area contributed by atoms with Crippen LogP contribution >= 0.6 is 0 Å². The molecule has 3 rings (SSSR count). The van der Waals surface area contributed by atoms with Crippen LogP contribution in [0.4, 0.5) is 0 Å². The average Bonchev–Trinajstić information content (AvgIpc) is 3.06. The van der Waals surface area contributed by atoms with Crippen LogP contribution in [0.25, 0.3) is 11.0 Å². The first-order valence-electron chi connectivity index (χ1n) is 10.5. The van der Waals surface area contributed by atoms with Gasteiger partial charge in [-0.25, -0.2) is 8.42 Å². The number of furan rings is 1. The molecule has 1 aliphatic rings. The number of para-hydroxylation sites is 1. The van der Waals surface area contributed by atoms with Gasteiger partial charge in [0, 0.05) is 30.3 Å². The minimum Gasteiger partial charge on any atom is -0.451 e. The van der Waals surface area contributed by atoms with Crippen LogP contribution in [0.5, 0.6) is 0 Å². The summed E-state index contributed by atoms with van der Waals surface area (Å²) in [6.45, 7) is 4.97. The van der Waals surface area contributed by atoms with Crippen LogP contribution in [0.15, 0.2) is 28.7 Å². The Morgan fingerprint density at radius 1 is 1.10 bits per heavy atom. The number of fused-ring (bicyclic) bond motifs is 1. The number of benzene rings is 1. The zero-order valence-corrected chi connectivity index (χ0v) is 18.7. The smallest absolute Gasteiger partial charge is 0.288 e. The van der Waals surface area contributed by atoms with Gasteiger partial charge in [0.15, 0.2) is 15.6 Å². The van der Waals surface area contributed by atoms with Crippen LogP contribution in [0.1, 0.15) is 62.1 Å². The predicted octanol–water partition coefficient (Wildman–Crippen LogP) is 3.28. The maximum absolute atomic E-state index is 13.3. The van der Waals surface area contributed by atoms with Crippen LogP contribution in [0.3, 0.4) is 0 Å². The minimum atomic E-state index is -3.40. The van der Waals surface area contributed by atoms with Crippen LogP contribution in [-0.4, -0.2) is 50.0 Å². The molecule has 0 radical (unpaired) electrons. The normalized spacial score (nSPS) is 16.4. The molecule has 2 aromatic rings. The van der Waals surface area contributed by atoms with Gasteiger partial charge in [-0.1, -0.05) is 37.5 Å². The van der Waals surface area contributed by atoms with Gasteiger partial charge in [-0.3, -0.25) is 9.59 Å². The van der Waals surface area contributed by atoms with E-state index in [0.29, 0.717) is 42.5 Å². The number of likely N-dealkylation sites (N-methyl/N-ethyl adjacent to an activating group) is 1. The van der Waals surface area contributed by atoms with Crippen LogP contribution in [0, 0.1) is 0 Å². The number of hydrogen-bond acceptors (Lipinski definition) is 5. The summed E-state index contributed by atoms with van der Waals surface area (Å²) in [6.07, 6.45) is 4.98. The number of carbonyl (C=O) groups excluding carboxylic acids is 2. The standard InChI is InChI=1S/C22H30N2O5S/c1-4-24(5-2)21(26)22(13-9-6-10-14-22)23-20(25)19-17(15-30(3,27)28)16-11-7-8-12-18(16)29-19/h7-8,11-12H,4-6,9-10,13-15H2,1-3H3,(H,23,25). The van der Waals surface area contributed by atoms with Gasteiger partial charge in [0.25, 0.3) is 5.91 Å². The Hall–Kier alpha value is -2.35. The van der Waals surface area contributed by atoms with Crippen molar-refractivity contribution in [2.24, 2.45) is 0 Å². The number of nitrogens with one attached hydrogen (secondary N) is 1. The first-order valence-corrected chi connectivity index (χ1v) is 12.6. The predicted molar refractivity (Wildman–Crippen MR) is 116 cm³/mol. The van der Waals surface area contributed by atoms with E-state index in [2.05, 4.69) is 5.32 Å². The molecule has 7 nitrogen and oxygen atoms in total. The summed E-state index contributed by atoms with van der Waals surface area (Å²) in [5.74, 6) is -0.948. The largest absolute Gasteiger partial charge is 0.451 e. The molecule has 164 valence electrons. The molecule has 1 saturated carbocycles. The molecule has 1 aromatic carbocycles. The zero-order chi connectivity index (χ0) is 21.9. The van der Waals surface area contributed by atoms with Crippen molar-refractivity contribution in [3.8, 4) is 0 Å². The summed E-state index contributed by atoms with van der Waals surface area (Å²) in [7, 11) is -3.40. The second-order valence-corrected chi connectivity index (χ2v) is 10.2. The molecule has 1 heterocycles. The Kier molecular flexibility index (Phi) is 6.55. The molecule has 0 spiro atoms. The van der Waals surface area contributed by atoms with Gasteiger partial charge in [-0.15, -0.1) is 0 Å². The van der Waals surface area contributed by atoms with Crippen LogP contribution in [-0.2, 0) is 20.4 Å². The Morgan fingerprint density at radius 3 is 2.33 bits per heavy atom. The Labute approximate surface area is 177 Å². The van der Waals surface area contributed by atoms with Crippen molar-refractivity contribution in [1.82, 2.24) is 10.2 Å². The van der Waals surface area contributed by atoms with Gasteiger partial charge >= 0.3 is 0 Å². The number of hydrogen-bond donors (Lipinski definition) is 1. The third-order valence-electron chi connectivity index (χ3n) is 5.83. The molecule has 2 amide bonds. The maximum atomic E-state index is 13.3. The molecule has 1 fully saturated rings. The lowest BCUT2D eigenvalue weighted by Crippen LogP contribution is -2.60. The van der Waals surface area contributed by atoms with Crippen molar-refractivity contribution in [1.29, 1.82) is 0 Å². The highest BCUT2D eigenvalue weighted by Gasteiger charge is 2.43. The van der Waals surface area contributed by atoms with Crippen molar-refractivity contribution >= 4 is 32.6 Å². The molecule has 0 atom stereocenters. The summed E-state index contributed by atoms with van der Waals surface area (Å²) in [6, 6.07) is 6.99. The topological polar surface area (TPSA) is 96.7 Å². The van der Waals surface area contributed by atoms with Crippen LogP contribution < -0.4 is 5.32 Å². The Bertz CT molecular complexity index is 1030. The first kappa shape index (κ1) is 22.3. The molecule has 1 aliphatic carbocycles. The molecule has 8 heteroatoms. The van der Waals surface area contributed by atoms with Crippen molar-refractivity contribution in [2.45, 2.75) is 57.2 Å². The first-order chi connectivity index (χ1) is 14.2. The number of nitrogens with zero attached hydrogens (tertiary/aromatic N) is 1. The highest BCUT2D eigenvalue weighted by Crippen LogP contribution is 2.32. The molecule has 1 N–H and O–H groups in total. The second-order valence-electron chi connectivity index (χ2n) is 8.05. The van der Waals surface area contributed by atoms with Gasteiger partial charge in [-0.05, 0) is 32.8 Å². The third-order valence-corrected chi connectivity index (χ3v) is 6.64. The van der Waals surface area contributed by atoms with E-state index < -0.39 is 21.3 Å². The van der Waals surface area contributed by atoms with E-state index in [1.54, 1.807) is 29.2 Å². The Balaban J connectivity index is 2.01. The fraction of sp³-hybridized carbons (Fsp3) is 0.545. The van der Waals surface area contributed by atoms with E-state index >= 15 is 0 Å². The minimum absolute atomic E-state index is 0.0288. The van der Waals surface area contributed by atoms with Gasteiger partial charge in [0.05, 0.1) is 5.75 Å². The lowest BCUT2D eigenvalue weighted by Gasteiger charge is -2.39. The lowest BCUT2D eigenvalue weighted by atomic mass is 9.80. The molecule has 0 aliphatic heterocycles. The van der Waals surface area contributed by atoms with Crippen LogP contribution in [0.2, 0.25) is 0 Å². The summed E-state index contributed by atoms with van der Waals surface area (Å²) in [5.41, 5.74) is -0.191. The zero-order valence-electron chi connectivity index (χ0n) is 17.9. The maximum Gasteiger partial charge on any atom is 0.288 e. The van der Waals surface area contributed by atoms with E-state index in [9.17, 15) is 18.0 Å². The van der Waals surface area contributed by atoms with Crippen molar-refractivity contribution < 1.29 is 22.4 Å². The van der Waals surface area contributed by atoms with Crippen molar-refractivity contribution in [2.75, 3.05) is 19.3 Å². The molecule has 0 saturated heterocycles. The van der Waals surface area contributed by atoms with Crippen molar-refractivity contribution in [3.05, 3.63) is 35.6 Å². The summed E-state index contributed by atoms with van der Waals surface area (Å²) in [4.78, 5) is 28.4. The number of sulfone groups is 1. The number of amides is 2. The number of carbonyl (C=O) groups is 2. The quantitative estimate of drug-likeness (QED) is 0.721. The number of rotatable bonds is 7. The monoisotopic (exact) mass is 434 g/mol. The van der Waals surface area contributed by atoms with E-state index in [1.807, 2.05) is 13.8 Å². The SMILES string of the molecule is CCN(CC)C(=O)C1(NC(=O)c2oc3ccccc3c2CS(C)(=O)=O)CCCCC1. The fourth-order valence-corrected chi connectivity index (χ4v) is 5.13. The highest BCUT2D eigenvalue weighted by atomic mass is 32.2. The molecular formula is C22H30N2O5S. The van der Waals surface area contributed by atoms with Gasteiger partial charge in [0.2, 0.25) is 5.91 Å². The van der Waals surface area contributed by atoms with Gasteiger partial charge < -0.3 is 14.6 Å². The van der Waals surface area contributed by atoms with E-state index in [1.165, 1.54) is 0 Å². The third kappa shape index (κ3) is 4.53. The second kappa shape index (κ2) is 8.79. The van der Waals surface area contributed by atoms with Crippen molar-refractivity contribution in [3.63, 3.8) is 0 Å². The van der Waals surface area contributed by atoms with E-state index in [0.717, 1.165) is 25.5 Å². The van der Waals surface area contributed by atoms with Gasteiger partial charge in [-0.2, -0.15) is 0 Å². The Morgan fingerprint density at radius 2 is 1.73 bits per heavy atom. The molecule has 1 aromatic heterocycles. The summed E-state index contributed by atoms with van der Waals surface area (Å²) in [5, 5.41) is 3.56. The average molecular weight is 435 g/mol. The molecule has 0 bridgehead atoms.